The highest BCUT2D eigenvalue weighted by atomic mass is 16.5. The summed E-state index contributed by atoms with van der Waals surface area (Å²) in [6.45, 7) is 6.80. The van der Waals surface area contributed by atoms with Crippen molar-refractivity contribution in [3.63, 3.8) is 0 Å². The molecule has 1 unspecified atom stereocenters. The molecule has 5 nitrogen and oxygen atoms in total. The van der Waals surface area contributed by atoms with Crippen molar-refractivity contribution in [1.82, 2.24) is 9.97 Å². The van der Waals surface area contributed by atoms with Crippen LogP contribution in [0.5, 0.6) is 0 Å². The van der Waals surface area contributed by atoms with E-state index in [-0.39, 0.29) is 0 Å². The Morgan fingerprint density at radius 2 is 2.33 bits per heavy atom. The standard InChI is InChI=1S/C13H22N4O/c1-4-5-11-12(14-3)15-9-16-13(11)17-6-7-18-8-10(17)2/h9-10H,4-8H2,1-3H3,(H,14,15,16). The molecular weight excluding hydrogens is 228 g/mol. The molecule has 18 heavy (non-hydrogen) atoms. The fourth-order valence-corrected chi connectivity index (χ4v) is 2.39. The van der Waals surface area contributed by atoms with Crippen molar-refractivity contribution >= 4 is 11.6 Å². The molecule has 2 rings (SSSR count). The Kier molecular flexibility index (Phi) is 4.36. The molecule has 1 aromatic heterocycles. The van der Waals surface area contributed by atoms with Crippen molar-refractivity contribution in [2.45, 2.75) is 32.7 Å². The normalized spacial score (nSPS) is 19.9. The molecule has 1 atom stereocenters. The molecule has 1 aromatic rings. The summed E-state index contributed by atoms with van der Waals surface area (Å²) in [5.74, 6) is 2.01. The van der Waals surface area contributed by atoms with E-state index in [0.717, 1.165) is 44.2 Å². The third kappa shape index (κ3) is 2.56. The summed E-state index contributed by atoms with van der Waals surface area (Å²) < 4.78 is 5.49. The summed E-state index contributed by atoms with van der Waals surface area (Å²) >= 11 is 0. The number of nitrogens with one attached hydrogen (secondary N) is 1. The largest absolute Gasteiger partial charge is 0.377 e. The average molecular weight is 250 g/mol. The predicted octanol–water partition coefficient (Wildman–Crippen LogP) is 1.70. The first kappa shape index (κ1) is 13.1. The van der Waals surface area contributed by atoms with Crippen LogP contribution in [0.1, 0.15) is 25.8 Å². The molecule has 100 valence electrons. The van der Waals surface area contributed by atoms with Crippen LogP contribution in [0.4, 0.5) is 11.6 Å². The van der Waals surface area contributed by atoms with E-state index >= 15 is 0 Å². The molecule has 0 aliphatic carbocycles. The molecular formula is C13H22N4O. The van der Waals surface area contributed by atoms with Gasteiger partial charge in [-0.05, 0) is 13.3 Å². The third-order valence-corrected chi connectivity index (χ3v) is 3.30. The van der Waals surface area contributed by atoms with Crippen molar-refractivity contribution < 1.29 is 4.74 Å². The third-order valence-electron chi connectivity index (χ3n) is 3.30. The van der Waals surface area contributed by atoms with Gasteiger partial charge in [-0.15, -0.1) is 0 Å². The summed E-state index contributed by atoms with van der Waals surface area (Å²) in [5.41, 5.74) is 1.22. The van der Waals surface area contributed by atoms with Crippen LogP contribution in [0.2, 0.25) is 0 Å². The maximum atomic E-state index is 5.49. The highest BCUT2D eigenvalue weighted by Gasteiger charge is 2.23. The smallest absolute Gasteiger partial charge is 0.137 e. The molecule has 0 bridgehead atoms. The molecule has 1 N–H and O–H groups in total. The van der Waals surface area contributed by atoms with Gasteiger partial charge >= 0.3 is 0 Å². The van der Waals surface area contributed by atoms with Crippen molar-refractivity contribution in [1.29, 1.82) is 0 Å². The van der Waals surface area contributed by atoms with E-state index in [2.05, 4.69) is 34.0 Å². The zero-order valence-corrected chi connectivity index (χ0v) is 11.4. The minimum Gasteiger partial charge on any atom is -0.377 e. The summed E-state index contributed by atoms with van der Waals surface area (Å²) in [6.07, 6.45) is 3.73. The Morgan fingerprint density at radius 3 is 3.00 bits per heavy atom. The van der Waals surface area contributed by atoms with Crippen LogP contribution in [-0.4, -0.2) is 42.8 Å². The van der Waals surface area contributed by atoms with Gasteiger partial charge < -0.3 is 15.0 Å². The first-order chi connectivity index (χ1) is 8.77. The van der Waals surface area contributed by atoms with Gasteiger partial charge in [0.15, 0.2) is 0 Å². The van der Waals surface area contributed by atoms with E-state index in [9.17, 15) is 0 Å². The minimum absolute atomic E-state index is 0.369. The van der Waals surface area contributed by atoms with Gasteiger partial charge in [-0.2, -0.15) is 0 Å². The highest BCUT2D eigenvalue weighted by Crippen LogP contribution is 2.27. The molecule has 0 amide bonds. The minimum atomic E-state index is 0.369. The van der Waals surface area contributed by atoms with Gasteiger partial charge in [-0.3, -0.25) is 0 Å². The van der Waals surface area contributed by atoms with Crippen LogP contribution in [0.25, 0.3) is 0 Å². The van der Waals surface area contributed by atoms with E-state index < -0.39 is 0 Å². The van der Waals surface area contributed by atoms with Crippen LogP contribution < -0.4 is 10.2 Å². The van der Waals surface area contributed by atoms with Crippen LogP contribution in [0.3, 0.4) is 0 Å². The summed E-state index contributed by atoms with van der Waals surface area (Å²) in [4.78, 5) is 11.1. The van der Waals surface area contributed by atoms with E-state index in [1.54, 1.807) is 6.33 Å². The Bertz CT molecular complexity index is 397. The van der Waals surface area contributed by atoms with Crippen LogP contribution >= 0.6 is 0 Å². The fraction of sp³-hybridized carbons (Fsp3) is 0.692. The van der Waals surface area contributed by atoms with Gasteiger partial charge in [-0.25, -0.2) is 9.97 Å². The number of nitrogens with zero attached hydrogens (tertiary/aromatic N) is 3. The van der Waals surface area contributed by atoms with E-state index in [1.165, 1.54) is 5.56 Å². The monoisotopic (exact) mass is 250 g/mol. The summed E-state index contributed by atoms with van der Waals surface area (Å²) in [5, 5.41) is 3.17. The highest BCUT2D eigenvalue weighted by molar-refractivity contribution is 5.59. The van der Waals surface area contributed by atoms with Crippen molar-refractivity contribution in [2.24, 2.45) is 0 Å². The number of rotatable bonds is 4. The molecule has 1 aliphatic heterocycles. The van der Waals surface area contributed by atoms with Gasteiger partial charge in [0.25, 0.3) is 0 Å². The van der Waals surface area contributed by atoms with Gasteiger partial charge in [-0.1, -0.05) is 13.3 Å². The summed E-state index contributed by atoms with van der Waals surface area (Å²) in [7, 11) is 1.91. The van der Waals surface area contributed by atoms with Gasteiger partial charge in [0.05, 0.1) is 19.3 Å². The average Bonchev–Trinajstić information content (AvgIpc) is 2.40. The molecule has 0 spiro atoms. The molecule has 0 saturated carbocycles. The Morgan fingerprint density at radius 1 is 1.50 bits per heavy atom. The number of hydrogen-bond acceptors (Lipinski definition) is 5. The van der Waals surface area contributed by atoms with Crippen LogP contribution in [0.15, 0.2) is 6.33 Å². The molecule has 1 saturated heterocycles. The second-order valence-corrected chi connectivity index (χ2v) is 4.64. The Labute approximate surface area is 109 Å². The maximum absolute atomic E-state index is 5.49. The molecule has 1 aliphatic rings. The lowest BCUT2D eigenvalue weighted by molar-refractivity contribution is 0.0984. The van der Waals surface area contributed by atoms with E-state index in [1.807, 2.05) is 7.05 Å². The molecule has 2 heterocycles. The zero-order chi connectivity index (χ0) is 13.0. The predicted molar refractivity (Wildman–Crippen MR) is 73.2 cm³/mol. The quantitative estimate of drug-likeness (QED) is 0.881. The fourth-order valence-electron chi connectivity index (χ4n) is 2.39. The lowest BCUT2D eigenvalue weighted by atomic mass is 10.1. The second kappa shape index (κ2) is 6.00. The van der Waals surface area contributed by atoms with Gasteiger partial charge in [0.1, 0.15) is 18.0 Å². The Hall–Kier alpha value is -1.36. The molecule has 0 radical (unpaired) electrons. The first-order valence-electron chi connectivity index (χ1n) is 6.64. The summed E-state index contributed by atoms with van der Waals surface area (Å²) in [6, 6.07) is 0.369. The van der Waals surface area contributed by atoms with Crippen molar-refractivity contribution in [2.75, 3.05) is 37.0 Å². The lowest BCUT2D eigenvalue weighted by Crippen LogP contribution is -2.44. The van der Waals surface area contributed by atoms with Crippen LogP contribution in [0, 0.1) is 0 Å². The van der Waals surface area contributed by atoms with Crippen molar-refractivity contribution in [3.8, 4) is 0 Å². The molecule has 5 heteroatoms. The second-order valence-electron chi connectivity index (χ2n) is 4.64. The lowest BCUT2D eigenvalue weighted by Gasteiger charge is -2.35. The number of ether oxygens (including phenoxy) is 1. The molecule has 1 fully saturated rings. The number of morpholine rings is 1. The molecule has 0 aromatic carbocycles. The SMILES string of the molecule is CCCc1c(NC)ncnc1N1CCOCC1C. The van der Waals surface area contributed by atoms with E-state index in [4.69, 9.17) is 4.74 Å². The first-order valence-corrected chi connectivity index (χ1v) is 6.64. The van der Waals surface area contributed by atoms with E-state index in [0.29, 0.717) is 6.04 Å². The zero-order valence-electron chi connectivity index (χ0n) is 11.4. The number of aromatic nitrogens is 2. The van der Waals surface area contributed by atoms with Crippen LogP contribution in [-0.2, 0) is 11.2 Å². The number of anilines is 2. The maximum Gasteiger partial charge on any atom is 0.137 e. The van der Waals surface area contributed by atoms with Crippen molar-refractivity contribution in [3.05, 3.63) is 11.9 Å². The number of hydrogen-bond donors (Lipinski definition) is 1. The topological polar surface area (TPSA) is 50.3 Å². The van der Waals surface area contributed by atoms with Gasteiger partial charge in [0.2, 0.25) is 0 Å². The van der Waals surface area contributed by atoms with Gasteiger partial charge in [0, 0.05) is 19.2 Å². The Balaban J connectivity index is 2.35.